The van der Waals surface area contributed by atoms with E-state index in [0.29, 0.717) is 5.75 Å². The third-order valence-electron chi connectivity index (χ3n) is 2.34. The molecule has 1 N–H and O–H groups in total. The molecule has 1 heterocycles. The molecule has 4 nitrogen and oxygen atoms in total. The van der Waals surface area contributed by atoms with E-state index in [1.54, 1.807) is 5.51 Å². The van der Waals surface area contributed by atoms with Crippen LogP contribution in [0.2, 0.25) is 0 Å². The molecule has 0 radical (unpaired) electrons. The van der Waals surface area contributed by atoms with E-state index in [4.69, 9.17) is 0 Å². The predicted molar refractivity (Wildman–Crippen MR) is 75.1 cm³/mol. The zero-order valence-corrected chi connectivity index (χ0v) is 11.6. The first-order chi connectivity index (χ1) is 8.79. The Bertz CT molecular complexity index is 514. The highest BCUT2D eigenvalue weighted by Gasteiger charge is 2.07. The fourth-order valence-electron chi connectivity index (χ4n) is 1.49. The third kappa shape index (κ3) is 3.54. The van der Waals surface area contributed by atoms with E-state index >= 15 is 0 Å². The average molecular weight is 279 g/mol. The van der Waals surface area contributed by atoms with Crippen molar-refractivity contribution >= 4 is 34.7 Å². The van der Waals surface area contributed by atoms with Crippen molar-refractivity contribution in [1.82, 2.24) is 10.2 Å². The summed E-state index contributed by atoms with van der Waals surface area (Å²) in [6.07, 6.45) is 0.903. The third-order valence-corrected chi connectivity index (χ3v) is 4.20. The number of aryl methyl sites for hydroxylation is 1. The number of rotatable bonds is 5. The van der Waals surface area contributed by atoms with Gasteiger partial charge in [0.2, 0.25) is 5.91 Å². The molecule has 0 aliphatic carbocycles. The zero-order chi connectivity index (χ0) is 12.8. The Labute approximate surface area is 114 Å². The molecule has 2 aromatic rings. The lowest BCUT2D eigenvalue weighted by molar-refractivity contribution is -0.113. The van der Waals surface area contributed by atoms with Crippen LogP contribution in [0.4, 0.5) is 5.69 Å². The summed E-state index contributed by atoms with van der Waals surface area (Å²) in [5.74, 6) is 0.337. The summed E-state index contributed by atoms with van der Waals surface area (Å²) in [6, 6.07) is 7.84. The van der Waals surface area contributed by atoms with Gasteiger partial charge in [-0.15, -0.1) is 10.2 Å². The molecule has 0 fully saturated rings. The van der Waals surface area contributed by atoms with Crippen molar-refractivity contribution in [1.29, 1.82) is 0 Å². The number of para-hydroxylation sites is 1. The summed E-state index contributed by atoms with van der Waals surface area (Å²) in [6.45, 7) is 2.07. The van der Waals surface area contributed by atoms with Crippen LogP contribution in [0.3, 0.4) is 0 Å². The van der Waals surface area contributed by atoms with Gasteiger partial charge in [-0.05, 0) is 18.1 Å². The van der Waals surface area contributed by atoms with Crippen molar-refractivity contribution in [2.24, 2.45) is 0 Å². The van der Waals surface area contributed by atoms with Gasteiger partial charge in [-0.1, -0.05) is 48.2 Å². The van der Waals surface area contributed by atoms with Gasteiger partial charge >= 0.3 is 0 Å². The molecule has 0 bridgehead atoms. The average Bonchev–Trinajstić information content (AvgIpc) is 2.90. The summed E-state index contributed by atoms with van der Waals surface area (Å²) in [5, 5.41) is 10.5. The van der Waals surface area contributed by atoms with Gasteiger partial charge in [-0.25, -0.2) is 0 Å². The maximum absolute atomic E-state index is 11.8. The topological polar surface area (TPSA) is 54.9 Å². The van der Waals surface area contributed by atoms with Crippen LogP contribution in [0.5, 0.6) is 0 Å². The minimum absolute atomic E-state index is 0.0175. The fraction of sp³-hybridized carbons (Fsp3) is 0.250. The van der Waals surface area contributed by atoms with Crippen LogP contribution < -0.4 is 5.32 Å². The number of aromatic nitrogens is 2. The SMILES string of the molecule is CCc1ccccc1NC(=O)CSc1nncs1. The molecule has 1 aromatic heterocycles. The van der Waals surface area contributed by atoms with E-state index in [2.05, 4.69) is 22.4 Å². The molecule has 18 heavy (non-hydrogen) atoms. The molecule has 0 saturated heterocycles. The van der Waals surface area contributed by atoms with E-state index in [0.717, 1.165) is 22.0 Å². The number of carbonyl (C=O) groups is 1. The molecule has 2 rings (SSSR count). The molecule has 0 spiro atoms. The molecule has 0 saturated carbocycles. The second-order valence-electron chi connectivity index (χ2n) is 3.55. The molecule has 94 valence electrons. The predicted octanol–water partition coefficient (Wildman–Crippen LogP) is 2.83. The Balaban J connectivity index is 1.90. The first-order valence-electron chi connectivity index (χ1n) is 5.56. The van der Waals surface area contributed by atoms with Crippen molar-refractivity contribution in [3.8, 4) is 0 Å². The van der Waals surface area contributed by atoms with E-state index in [1.807, 2.05) is 24.3 Å². The minimum Gasteiger partial charge on any atom is -0.325 e. The maximum Gasteiger partial charge on any atom is 0.234 e. The van der Waals surface area contributed by atoms with Crippen LogP contribution in [0.1, 0.15) is 12.5 Å². The van der Waals surface area contributed by atoms with E-state index < -0.39 is 0 Å². The Kier molecular flexibility index (Phi) is 4.72. The van der Waals surface area contributed by atoms with Crippen molar-refractivity contribution in [2.75, 3.05) is 11.1 Å². The minimum atomic E-state index is -0.0175. The van der Waals surface area contributed by atoms with Crippen LogP contribution in [0.25, 0.3) is 0 Å². The Morgan fingerprint density at radius 1 is 1.44 bits per heavy atom. The molecular formula is C12H13N3OS2. The highest BCUT2D eigenvalue weighted by Crippen LogP contribution is 2.20. The molecule has 0 atom stereocenters. The van der Waals surface area contributed by atoms with Crippen LogP contribution >= 0.6 is 23.1 Å². The quantitative estimate of drug-likeness (QED) is 0.855. The van der Waals surface area contributed by atoms with E-state index in [-0.39, 0.29) is 5.91 Å². The first kappa shape index (κ1) is 13.0. The Morgan fingerprint density at radius 2 is 2.28 bits per heavy atom. The number of amides is 1. The Morgan fingerprint density at radius 3 is 3.00 bits per heavy atom. The van der Waals surface area contributed by atoms with Crippen molar-refractivity contribution in [3.63, 3.8) is 0 Å². The molecule has 6 heteroatoms. The van der Waals surface area contributed by atoms with Gasteiger partial charge in [-0.3, -0.25) is 4.79 Å². The molecule has 0 unspecified atom stereocenters. The van der Waals surface area contributed by atoms with Gasteiger partial charge in [0.1, 0.15) is 5.51 Å². The number of hydrogen-bond donors (Lipinski definition) is 1. The van der Waals surface area contributed by atoms with Crippen LogP contribution in [-0.4, -0.2) is 21.9 Å². The van der Waals surface area contributed by atoms with Crippen molar-refractivity contribution in [2.45, 2.75) is 17.7 Å². The van der Waals surface area contributed by atoms with Crippen LogP contribution in [-0.2, 0) is 11.2 Å². The van der Waals surface area contributed by atoms with Gasteiger partial charge < -0.3 is 5.32 Å². The number of anilines is 1. The van der Waals surface area contributed by atoms with Crippen LogP contribution in [0, 0.1) is 0 Å². The summed E-state index contributed by atoms with van der Waals surface area (Å²) in [4.78, 5) is 11.8. The second-order valence-corrected chi connectivity index (χ2v) is 5.61. The highest BCUT2D eigenvalue weighted by atomic mass is 32.2. The number of thioether (sulfide) groups is 1. The summed E-state index contributed by atoms with van der Waals surface area (Å²) in [5.41, 5.74) is 3.70. The lowest BCUT2D eigenvalue weighted by atomic mass is 10.1. The van der Waals surface area contributed by atoms with Crippen molar-refractivity contribution < 1.29 is 4.79 Å². The monoisotopic (exact) mass is 279 g/mol. The highest BCUT2D eigenvalue weighted by molar-refractivity contribution is 8.01. The van der Waals surface area contributed by atoms with E-state index in [9.17, 15) is 4.79 Å². The smallest absolute Gasteiger partial charge is 0.234 e. The molecule has 0 aliphatic rings. The Hall–Kier alpha value is -1.40. The van der Waals surface area contributed by atoms with E-state index in [1.165, 1.54) is 23.1 Å². The summed E-state index contributed by atoms with van der Waals surface area (Å²) < 4.78 is 0.814. The molecular weight excluding hydrogens is 266 g/mol. The van der Waals surface area contributed by atoms with Gasteiger partial charge in [0.15, 0.2) is 4.34 Å². The fourth-order valence-corrected chi connectivity index (χ4v) is 2.78. The second kappa shape index (κ2) is 6.51. The summed E-state index contributed by atoms with van der Waals surface area (Å²) >= 11 is 2.84. The first-order valence-corrected chi connectivity index (χ1v) is 7.43. The van der Waals surface area contributed by atoms with Crippen LogP contribution in [0.15, 0.2) is 34.1 Å². The molecule has 0 aliphatic heterocycles. The molecule has 1 aromatic carbocycles. The maximum atomic E-state index is 11.8. The number of carbonyl (C=O) groups excluding carboxylic acids is 1. The van der Waals surface area contributed by atoms with Gasteiger partial charge in [-0.2, -0.15) is 0 Å². The lowest BCUT2D eigenvalue weighted by Gasteiger charge is -2.08. The zero-order valence-electron chi connectivity index (χ0n) is 9.92. The molecule has 1 amide bonds. The standard InChI is InChI=1S/C12H13N3OS2/c1-2-9-5-3-4-6-10(9)14-11(16)7-17-12-15-13-8-18-12/h3-6,8H,2,7H2,1H3,(H,14,16). The van der Waals surface area contributed by atoms with Gasteiger partial charge in [0.25, 0.3) is 0 Å². The number of nitrogens with zero attached hydrogens (tertiary/aromatic N) is 2. The van der Waals surface area contributed by atoms with Gasteiger partial charge in [0, 0.05) is 5.69 Å². The number of hydrogen-bond acceptors (Lipinski definition) is 5. The number of nitrogens with one attached hydrogen (secondary N) is 1. The lowest BCUT2D eigenvalue weighted by Crippen LogP contribution is -2.15. The summed E-state index contributed by atoms with van der Waals surface area (Å²) in [7, 11) is 0. The largest absolute Gasteiger partial charge is 0.325 e. The van der Waals surface area contributed by atoms with Gasteiger partial charge in [0.05, 0.1) is 5.75 Å². The normalized spacial score (nSPS) is 10.3. The van der Waals surface area contributed by atoms with Crippen molar-refractivity contribution in [3.05, 3.63) is 35.3 Å². The number of benzene rings is 1.